The maximum Gasteiger partial charge on any atom is 0.245 e. The van der Waals surface area contributed by atoms with E-state index in [9.17, 15) is 9.59 Å². The van der Waals surface area contributed by atoms with Gasteiger partial charge in [-0.25, -0.2) is 0 Å². The van der Waals surface area contributed by atoms with Gasteiger partial charge in [0.2, 0.25) is 11.8 Å². The minimum atomic E-state index is -0.267. The molecule has 0 fully saturated rings. The van der Waals surface area contributed by atoms with Crippen molar-refractivity contribution in [2.75, 3.05) is 26.0 Å². The summed E-state index contributed by atoms with van der Waals surface area (Å²) >= 11 is 0. The fourth-order valence-corrected chi connectivity index (χ4v) is 2.09. The van der Waals surface area contributed by atoms with E-state index in [0.29, 0.717) is 6.42 Å². The maximum absolute atomic E-state index is 12.1. The van der Waals surface area contributed by atoms with Crippen molar-refractivity contribution < 1.29 is 9.59 Å². The first kappa shape index (κ1) is 12.4. The Bertz CT molecular complexity index is 448. The van der Waals surface area contributed by atoms with Crippen LogP contribution >= 0.6 is 0 Å². The molecule has 5 heteroatoms. The Balaban J connectivity index is 1.98. The molecule has 5 nitrogen and oxygen atoms in total. The Morgan fingerprint density at radius 3 is 2.83 bits per heavy atom. The highest BCUT2D eigenvalue weighted by atomic mass is 16.2. The monoisotopic (exact) mass is 247 g/mol. The number of benzene rings is 1. The molecule has 0 bridgehead atoms. The van der Waals surface area contributed by atoms with E-state index >= 15 is 0 Å². The fraction of sp³-hybridized carbons (Fsp3) is 0.385. The highest BCUT2D eigenvalue weighted by Gasteiger charge is 2.28. The minimum absolute atomic E-state index is 0.0604. The summed E-state index contributed by atoms with van der Waals surface area (Å²) in [7, 11) is 3.20. The van der Waals surface area contributed by atoms with E-state index in [-0.39, 0.29) is 24.4 Å². The summed E-state index contributed by atoms with van der Waals surface area (Å²) in [5, 5.41) is 5.69. The third-order valence-corrected chi connectivity index (χ3v) is 3.11. The predicted molar refractivity (Wildman–Crippen MR) is 69.3 cm³/mol. The molecule has 1 aliphatic heterocycles. The summed E-state index contributed by atoms with van der Waals surface area (Å²) in [5.74, 6) is -0.226. The number of hydrogen-bond donors (Lipinski definition) is 2. The highest BCUT2D eigenvalue weighted by Crippen LogP contribution is 2.25. The third-order valence-electron chi connectivity index (χ3n) is 3.11. The van der Waals surface area contributed by atoms with Crippen molar-refractivity contribution in [1.29, 1.82) is 0 Å². The molecule has 0 saturated carbocycles. The Kier molecular flexibility index (Phi) is 3.50. The lowest BCUT2D eigenvalue weighted by atomic mass is 10.1. The quantitative estimate of drug-likeness (QED) is 0.803. The number of nitrogens with one attached hydrogen (secondary N) is 2. The second-order valence-corrected chi connectivity index (χ2v) is 4.43. The lowest BCUT2D eigenvalue weighted by Crippen LogP contribution is -2.44. The van der Waals surface area contributed by atoms with E-state index < -0.39 is 0 Å². The van der Waals surface area contributed by atoms with Gasteiger partial charge < -0.3 is 15.5 Å². The summed E-state index contributed by atoms with van der Waals surface area (Å²) in [5.41, 5.74) is 2.15. The Hall–Kier alpha value is -2.04. The highest BCUT2D eigenvalue weighted by molar-refractivity contribution is 5.90. The van der Waals surface area contributed by atoms with Gasteiger partial charge in [-0.3, -0.25) is 9.59 Å². The molecule has 0 aliphatic carbocycles. The first-order valence-corrected chi connectivity index (χ1v) is 5.92. The van der Waals surface area contributed by atoms with Gasteiger partial charge in [-0.1, -0.05) is 18.2 Å². The summed E-state index contributed by atoms with van der Waals surface area (Å²) in [6.07, 6.45) is 0.674. The van der Waals surface area contributed by atoms with Crippen molar-refractivity contribution in [2.24, 2.45) is 0 Å². The van der Waals surface area contributed by atoms with Crippen LogP contribution in [0.4, 0.5) is 5.69 Å². The number of anilines is 1. The largest absolute Gasteiger partial charge is 0.373 e. The summed E-state index contributed by atoms with van der Waals surface area (Å²) < 4.78 is 0. The van der Waals surface area contributed by atoms with Crippen LogP contribution in [0.25, 0.3) is 0 Å². The van der Waals surface area contributed by atoms with Gasteiger partial charge in [0.15, 0.2) is 0 Å². The van der Waals surface area contributed by atoms with Crippen LogP contribution in [0.1, 0.15) is 5.56 Å². The summed E-state index contributed by atoms with van der Waals surface area (Å²) in [6.45, 7) is 0.0872. The SMILES string of the molecule is CNC(=O)CN(C)C(=O)[C@@H]1Cc2ccccc2N1. The molecule has 2 amide bonds. The van der Waals surface area contributed by atoms with Crippen molar-refractivity contribution in [1.82, 2.24) is 10.2 Å². The normalized spacial score (nSPS) is 16.7. The van der Waals surface area contributed by atoms with Gasteiger partial charge in [-0.2, -0.15) is 0 Å². The molecule has 1 aromatic rings. The molecule has 1 aromatic carbocycles. The summed E-state index contributed by atoms with van der Waals surface area (Å²) in [4.78, 5) is 24.8. The zero-order valence-corrected chi connectivity index (χ0v) is 10.6. The number of likely N-dealkylation sites (N-methyl/N-ethyl adjacent to an activating group) is 2. The van der Waals surface area contributed by atoms with Gasteiger partial charge in [-0.05, 0) is 11.6 Å². The van der Waals surface area contributed by atoms with Gasteiger partial charge in [0.05, 0.1) is 6.54 Å². The number of fused-ring (bicyclic) bond motifs is 1. The zero-order chi connectivity index (χ0) is 13.1. The molecule has 2 rings (SSSR count). The summed E-state index contributed by atoms with van der Waals surface area (Å²) in [6, 6.07) is 7.60. The van der Waals surface area contributed by atoms with Crippen LogP contribution in [-0.4, -0.2) is 43.4 Å². The van der Waals surface area contributed by atoms with Crippen LogP contribution in [0, 0.1) is 0 Å². The molecule has 2 N–H and O–H groups in total. The predicted octanol–water partition coefficient (Wildman–Crippen LogP) is 0.228. The number of para-hydroxylation sites is 1. The van der Waals surface area contributed by atoms with E-state index in [1.54, 1.807) is 14.1 Å². The number of carbonyl (C=O) groups is 2. The smallest absolute Gasteiger partial charge is 0.245 e. The van der Waals surface area contributed by atoms with Crippen molar-refractivity contribution in [3.05, 3.63) is 29.8 Å². The van der Waals surface area contributed by atoms with E-state index in [4.69, 9.17) is 0 Å². The van der Waals surface area contributed by atoms with Crippen LogP contribution in [0.3, 0.4) is 0 Å². The Morgan fingerprint density at radius 2 is 2.17 bits per heavy atom. The second kappa shape index (κ2) is 5.08. The van der Waals surface area contributed by atoms with E-state index in [2.05, 4.69) is 10.6 Å². The number of carbonyl (C=O) groups excluding carboxylic acids is 2. The molecule has 1 atom stereocenters. The average Bonchev–Trinajstić information content (AvgIpc) is 2.81. The topological polar surface area (TPSA) is 61.4 Å². The molecule has 0 unspecified atom stereocenters. The van der Waals surface area contributed by atoms with E-state index in [1.165, 1.54) is 4.90 Å². The molecule has 18 heavy (non-hydrogen) atoms. The molecule has 0 spiro atoms. The molecule has 0 radical (unpaired) electrons. The van der Waals surface area contributed by atoms with Crippen LogP contribution in [0.15, 0.2) is 24.3 Å². The van der Waals surface area contributed by atoms with Gasteiger partial charge >= 0.3 is 0 Å². The lowest BCUT2D eigenvalue weighted by molar-refractivity contribution is -0.135. The minimum Gasteiger partial charge on any atom is -0.373 e. The van der Waals surface area contributed by atoms with Crippen molar-refractivity contribution in [3.8, 4) is 0 Å². The lowest BCUT2D eigenvalue weighted by Gasteiger charge is -2.20. The standard InChI is InChI=1S/C13H17N3O2/c1-14-12(17)8-16(2)13(18)11-7-9-5-3-4-6-10(9)15-11/h3-6,11,15H,7-8H2,1-2H3,(H,14,17)/t11-/m0/s1. The number of rotatable bonds is 3. The van der Waals surface area contributed by atoms with Gasteiger partial charge in [0, 0.05) is 26.2 Å². The van der Waals surface area contributed by atoms with Gasteiger partial charge in [0.1, 0.15) is 6.04 Å². The van der Waals surface area contributed by atoms with E-state index in [0.717, 1.165) is 11.3 Å². The maximum atomic E-state index is 12.1. The Labute approximate surface area is 106 Å². The van der Waals surface area contributed by atoms with Crippen LogP contribution in [0.2, 0.25) is 0 Å². The zero-order valence-electron chi connectivity index (χ0n) is 10.6. The first-order chi connectivity index (χ1) is 8.61. The van der Waals surface area contributed by atoms with Crippen LogP contribution in [-0.2, 0) is 16.0 Å². The van der Waals surface area contributed by atoms with Crippen molar-refractivity contribution in [2.45, 2.75) is 12.5 Å². The molecule has 1 aliphatic rings. The third kappa shape index (κ3) is 2.45. The van der Waals surface area contributed by atoms with Gasteiger partial charge in [0.25, 0.3) is 0 Å². The van der Waals surface area contributed by atoms with Crippen molar-refractivity contribution in [3.63, 3.8) is 0 Å². The fourth-order valence-electron chi connectivity index (χ4n) is 2.09. The van der Waals surface area contributed by atoms with Crippen LogP contribution in [0.5, 0.6) is 0 Å². The molecule has 0 aromatic heterocycles. The number of nitrogens with zero attached hydrogens (tertiary/aromatic N) is 1. The second-order valence-electron chi connectivity index (χ2n) is 4.43. The first-order valence-electron chi connectivity index (χ1n) is 5.92. The molecular formula is C13H17N3O2. The number of hydrogen-bond acceptors (Lipinski definition) is 3. The molecule has 96 valence electrons. The van der Waals surface area contributed by atoms with Crippen LogP contribution < -0.4 is 10.6 Å². The molecule has 0 saturated heterocycles. The number of amides is 2. The van der Waals surface area contributed by atoms with Crippen molar-refractivity contribution >= 4 is 17.5 Å². The molecular weight excluding hydrogens is 230 g/mol. The van der Waals surface area contributed by atoms with Gasteiger partial charge in [-0.15, -0.1) is 0 Å². The average molecular weight is 247 g/mol. The van der Waals surface area contributed by atoms with E-state index in [1.807, 2.05) is 24.3 Å². The Morgan fingerprint density at radius 1 is 1.44 bits per heavy atom. The molecule has 1 heterocycles.